The molecule has 0 radical (unpaired) electrons. The van der Waals surface area contributed by atoms with E-state index in [1.54, 1.807) is 17.1 Å². The lowest BCUT2D eigenvalue weighted by atomic mass is 10.1. The lowest BCUT2D eigenvalue weighted by Gasteiger charge is -2.21. The lowest BCUT2D eigenvalue weighted by Crippen LogP contribution is -2.27. The number of hydrogen-bond acceptors (Lipinski definition) is 7. The molecule has 1 aliphatic carbocycles. The molecular weight excluding hydrogens is 268 g/mol. The third-order valence-electron chi connectivity index (χ3n) is 3.80. The van der Waals surface area contributed by atoms with Crippen molar-refractivity contribution in [2.24, 2.45) is 11.8 Å². The molecule has 1 saturated carbocycles. The Labute approximate surface area is 123 Å². The molecule has 1 fully saturated rings. The van der Waals surface area contributed by atoms with Gasteiger partial charge in [0, 0.05) is 26.0 Å². The molecular formula is C13H20N8. The molecule has 21 heavy (non-hydrogen) atoms. The second-order valence-corrected chi connectivity index (χ2v) is 5.38. The van der Waals surface area contributed by atoms with Gasteiger partial charge in [-0.25, -0.2) is 10.5 Å². The maximum absolute atomic E-state index is 5.45. The van der Waals surface area contributed by atoms with Crippen LogP contribution < -0.4 is 16.2 Å². The molecule has 2 aromatic heterocycles. The van der Waals surface area contributed by atoms with Crippen LogP contribution in [0.25, 0.3) is 5.95 Å². The number of nitrogens with zero attached hydrogens (tertiary/aromatic N) is 6. The van der Waals surface area contributed by atoms with Gasteiger partial charge in [-0.3, -0.25) is 5.43 Å². The molecule has 3 rings (SSSR count). The molecule has 0 atom stereocenters. The summed E-state index contributed by atoms with van der Waals surface area (Å²) in [6, 6.07) is 1.82. The van der Waals surface area contributed by atoms with E-state index in [1.807, 2.05) is 13.1 Å². The molecule has 0 bridgehead atoms. The zero-order chi connectivity index (χ0) is 14.7. The van der Waals surface area contributed by atoms with Crippen molar-refractivity contribution in [2.45, 2.75) is 25.7 Å². The van der Waals surface area contributed by atoms with Crippen molar-refractivity contribution in [3.8, 4) is 5.95 Å². The molecule has 0 saturated heterocycles. The van der Waals surface area contributed by atoms with Gasteiger partial charge in [0.2, 0.25) is 11.9 Å². The summed E-state index contributed by atoms with van der Waals surface area (Å²) in [4.78, 5) is 15.1. The fourth-order valence-corrected chi connectivity index (χ4v) is 2.74. The highest BCUT2D eigenvalue weighted by Gasteiger charge is 2.19. The highest BCUT2D eigenvalue weighted by Crippen LogP contribution is 2.26. The third kappa shape index (κ3) is 3.10. The van der Waals surface area contributed by atoms with E-state index >= 15 is 0 Å². The predicted molar refractivity (Wildman–Crippen MR) is 80.0 cm³/mol. The topological polar surface area (TPSA) is 97.8 Å². The number of aromatic nitrogens is 5. The summed E-state index contributed by atoms with van der Waals surface area (Å²) in [5, 5.41) is 4.14. The number of nitrogens with one attached hydrogen (secondary N) is 1. The van der Waals surface area contributed by atoms with Crippen LogP contribution in [0.2, 0.25) is 0 Å². The van der Waals surface area contributed by atoms with Crippen molar-refractivity contribution in [3.63, 3.8) is 0 Å². The molecule has 8 heteroatoms. The Morgan fingerprint density at radius 2 is 2.14 bits per heavy atom. The van der Waals surface area contributed by atoms with Gasteiger partial charge in [-0.1, -0.05) is 12.8 Å². The van der Waals surface area contributed by atoms with Crippen molar-refractivity contribution in [2.75, 3.05) is 23.9 Å². The van der Waals surface area contributed by atoms with Crippen LogP contribution in [0.3, 0.4) is 0 Å². The average molecular weight is 288 g/mol. The van der Waals surface area contributed by atoms with Crippen LogP contribution in [0.5, 0.6) is 0 Å². The summed E-state index contributed by atoms with van der Waals surface area (Å²) in [6.07, 6.45) is 8.68. The lowest BCUT2D eigenvalue weighted by molar-refractivity contribution is 0.542. The maximum atomic E-state index is 5.45. The van der Waals surface area contributed by atoms with Crippen molar-refractivity contribution in [3.05, 3.63) is 18.5 Å². The Morgan fingerprint density at radius 3 is 2.81 bits per heavy atom. The summed E-state index contributed by atoms with van der Waals surface area (Å²) >= 11 is 0. The first kappa shape index (κ1) is 13.7. The van der Waals surface area contributed by atoms with E-state index in [2.05, 4.69) is 30.4 Å². The number of nitrogen functional groups attached to an aromatic ring is 1. The maximum Gasteiger partial charge on any atom is 0.257 e. The fourth-order valence-electron chi connectivity index (χ4n) is 2.74. The van der Waals surface area contributed by atoms with E-state index in [9.17, 15) is 0 Å². The fraction of sp³-hybridized carbons (Fsp3) is 0.538. The molecule has 2 aromatic rings. The Bertz CT molecular complexity index is 576. The number of hydrogen-bond donors (Lipinski definition) is 2. The van der Waals surface area contributed by atoms with Gasteiger partial charge in [0.05, 0.1) is 0 Å². The first-order chi connectivity index (χ1) is 10.3. The standard InChI is InChI=1S/C13H20N8/c1-20(9-10-5-2-3-6-10)12-16-11(19-14)17-13(18-12)21-8-4-7-15-21/h4,7-8,10H,2-3,5-6,9,14H2,1H3,(H,16,17,18,19). The Balaban J connectivity index is 1.84. The highest BCUT2D eigenvalue weighted by molar-refractivity contribution is 5.38. The average Bonchev–Trinajstić information content (AvgIpc) is 3.20. The third-order valence-corrected chi connectivity index (χ3v) is 3.80. The Hall–Kier alpha value is -2.22. The second-order valence-electron chi connectivity index (χ2n) is 5.38. The van der Waals surface area contributed by atoms with Gasteiger partial charge in [-0.2, -0.15) is 20.1 Å². The number of anilines is 2. The van der Waals surface area contributed by atoms with Crippen molar-refractivity contribution in [1.82, 2.24) is 24.7 Å². The van der Waals surface area contributed by atoms with Crippen LogP contribution in [-0.2, 0) is 0 Å². The van der Waals surface area contributed by atoms with Gasteiger partial charge in [0.1, 0.15) is 0 Å². The molecule has 0 unspecified atom stereocenters. The Kier molecular flexibility index (Phi) is 3.96. The van der Waals surface area contributed by atoms with E-state index in [0.29, 0.717) is 23.8 Å². The zero-order valence-corrected chi connectivity index (χ0v) is 12.1. The molecule has 8 nitrogen and oxygen atoms in total. The van der Waals surface area contributed by atoms with Gasteiger partial charge in [-0.15, -0.1) is 0 Å². The van der Waals surface area contributed by atoms with E-state index < -0.39 is 0 Å². The van der Waals surface area contributed by atoms with Crippen LogP contribution in [0.4, 0.5) is 11.9 Å². The van der Waals surface area contributed by atoms with Gasteiger partial charge in [-0.05, 0) is 24.8 Å². The number of nitrogens with two attached hydrogens (primary N) is 1. The smallest absolute Gasteiger partial charge is 0.257 e. The first-order valence-electron chi connectivity index (χ1n) is 7.20. The van der Waals surface area contributed by atoms with Gasteiger partial charge in [0.25, 0.3) is 5.95 Å². The minimum atomic E-state index is 0.337. The van der Waals surface area contributed by atoms with E-state index in [4.69, 9.17) is 5.84 Å². The SMILES string of the molecule is CN(CC1CCCC1)c1nc(NN)nc(-n2cccn2)n1. The van der Waals surface area contributed by atoms with Crippen LogP contribution in [0.15, 0.2) is 18.5 Å². The quantitative estimate of drug-likeness (QED) is 0.625. The van der Waals surface area contributed by atoms with E-state index in [1.165, 1.54) is 25.7 Å². The summed E-state index contributed by atoms with van der Waals surface area (Å²) < 4.78 is 1.59. The van der Waals surface area contributed by atoms with Crippen molar-refractivity contribution >= 4 is 11.9 Å². The van der Waals surface area contributed by atoms with Gasteiger partial charge < -0.3 is 4.90 Å². The molecule has 112 valence electrons. The summed E-state index contributed by atoms with van der Waals surface area (Å²) in [6.45, 7) is 0.951. The van der Waals surface area contributed by atoms with Gasteiger partial charge in [0.15, 0.2) is 0 Å². The minimum Gasteiger partial charge on any atom is -0.343 e. The second kappa shape index (κ2) is 6.04. The van der Waals surface area contributed by atoms with E-state index in [0.717, 1.165) is 6.54 Å². The number of rotatable bonds is 5. The monoisotopic (exact) mass is 288 g/mol. The van der Waals surface area contributed by atoms with Crippen molar-refractivity contribution < 1.29 is 0 Å². The largest absolute Gasteiger partial charge is 0.343 e. The molecule has 3 N–H and O–H groups in total. The molecule has 0 aliphatic heterocycles. The molecule has 0 amide bonds. The Morgan fingerprint density at radius 1 is 1.33 bits per heavy atom. The molecule has 2 heterocycles. The highest BCUT2D eigenvalue weighted by atomic mass is 15.4. The van der Waals surface area contributed by atoms with Crippen LogP contribution in [-0.4, -0.2) is 38.3 Å². The summed E-state index contributed by atoms with van der Waals surface area (Å²) in [5.74, 6) is 7.57. The van der Waals surface area contributed by atoms with Crippen LogP contribution in [0.1, 0.15) is 25.7 Å². The van der Waals surface area contributed by atoms with Gasteiger partial charge >= 0.3 is 0 Å². The van der Waals surface area contributed by atoms with E-state index in [-0.39, 0.29) is 0 Å². The molecule has 0 spiro atoms. The zero-order valence-electron chi connectivity index (χ0n) is 12.1. The summed E-state index contributed by atoms with van der Waals surface area (Å²) in [7, 11) is 2.00. The summed E-state index contributed by atoms with van der Waals surface area (Å²) in [5.41, 5.74) is 2.49. The van der Waals surface area contributed by atoms with Crippen molar-refractivity contribution in [1.29, 1.82) is 0 Å². The predicted octanol–water partition coefficient (Wildman–Crippen LogP) is 0.969. The molecule has 0 aromatic carbocycles. The molecule has 1 aliphatic rings. The van der Waals surface area contributed by atoms with Crippen LogP contribution >= 0.6 is 0 Å². The minimum absolute atomic E-state index is 0.337. The first-order valence-corrected chi connectivity index (χ1v) is 7.20. The normalized spacial score (nSPS) is 15.3. The van der Waals surface area contributed by atoms with Crippen LogP contribution in [0, 0.1) is 5.92 Å². The number of hydrazine groups is 1.